The van der Waals surface area contributed by atoms with Crippen LogP contribution in [0.3, 0.4) is 0 Å². The summed E-state index contributed by atoms with van der Waals surface area (Å²) in [5.41, 5.74) is 1.05. The highest BCUT2D eigenvalue weighted by Crippen LogP contribution is 2.40. The maximum atomic E-state index is 4.75. The first-order valence-corrected chi connectivity index (χ1v) is 7.69. The van der Waals surface area contributed by atoms with Crippen LogP contribution in [-0.2, 0) is 0 Å². The minimum absolute atomic E-state index is 0.470. The van der Waals surface area contributed by atoms with Gasteiger partial charge in [0.1, 0.15) is 15.4 Å². The molecule has 1 aliphatic heterocycles. The molecule has 2 aliphatic rings. The van der Waals surface area contributed by atoms with E-state index in [1.54, 1.807) is 11.3 Å². The first-order chi connectivity index (χ1) is 8.90. The highest BCUT2D eigenvalue weighted by molar-refractivity contribution is 7.18. The van der Waals surface area contributed by atoms with E-state index in [2.05, 4.69) is 16.4 Å². The van der Waals surface area contributed by atoms with Crippen LogP contribution in [-0.4, -0.2) is 16.0 Å². The third-order valence-electron chi connectivity index (χ3n) is 4.34. The number of nitrogens with zero attached hydrogens (tertiary/aromatic N) is 2. The Morgan fingerprint density at radius 1 is 1.28 bits per heavy atom. The summed E-state index contributed by atoms with van der Waals surface area (Å²) in [4.78, 5) is 10.2. The zero-order chi connectivity index (χ0) is 11.9. The van der Waals surface area contributed by atoms with E-state index in [-0.39, 0.29) is 0 Å². The number of thiazole rings is 1. The molecule has 0 bridgehead atoms. The Morgan fingerprint density at radius 2 is 2.22 bits per heavy atom. The van der Waals surface area contributed by atoms with E-state index < -0.39 is 0 Å². The molecule has 4 rings (SSSR count). The second-order valence-electron chi connectivity index (χ2n) is 5.49. The van der Waals surface area contributed by atoms with Crippen LogP contribution in [0, 0.1) is 5.92 Å². The van der Waals surface area contributed by atoms with Crippen LogP contribution in [0.2, 0.25) is 0 Å². The van der Waals surface area contributed by atoms with Crippen LogP contribution >= 0.6 is 11.3 Å². The van der Waals surface area contributed by atoms with Crippen molar-refractivity contribution in [1.29, 1.82) is 0 Å². The zero-order valence-corrected chi connectivity index (χ0v) is 11.1. The van der Waals surface area contributed by atoms with E-state index in [1.807, 2.05) is 12.3 Å². The molecule has 2 aromatic rings. The van der Waals surface area contributed by atoms with Crippen LogP contribution in [0.4, 0.5) is 0 Å². The number of hydrogen-bond donors (Lipinski definition) is 1. The fourth-order valence-corrected chi connectivity index (χ4v) is 4.43. The Bertz CT molecular complexity index is 518. The van der Waals surface area contributed by atoms with Crippen molar-refractivity contribution in [3.05, 3.63) is 23.3 Å². The van der Waals surface area contributed by atoms with Crippen LogP contribution in [0.5, 0.6) is 0 Å². The van der Waals surface area contributed by atoms with Gasteiger partial charge in [-0.25, -0.2) is 9.97 Å². The van der Waals surface area contributed by atoms with Gasteiger partial charge < -0.3 is 5.32 Å². The molecule has 0 amide bonds. The SMILES string of the molecule is c1cnc2sc(C3CC4CCCCC4N3)nc2c1. The molecule has 0 spiro atoms. The number of hydrogen-bond acceptors (Lipinski definition) is 4. The number of pyridine rings is 1. The second-order valence-corrected chi connectivity index (χ2v) is 6.49. The minimum Gasteiger partial charge on any atom is -0.305 e. The van der Waals surface area contributed by atoms with Gasteiger partial charge in [-0.3, -0.25) is 0 Å². The van der Waals surface area contributed by atoms with Gasteiger partial charge in [-0.05, 0) is 37.3 Å². The summed E-state index contributed by atoms with van der Waals surface area (Å²) >= 11 is 1.76. The van der Waals surface area contributed by atoms with Gasteiger partial charge in [-0.15, -0.1) is 0 Å². The van der Waals surface area contributed by atoms with Crippen molar-refractivity contribution in [2.45, 2.75) is 44.2 Å². The van der Waals surface area contributed by atoms with Gasteiger partial charge in [0.2, 0.25) is 0 Å². The largest absolute Gasteiger partial charge is 0.305 e. The molecular formula is C14H17N3S. The Labute approximate surface area is 111 Å². The predicted octanol–water partition coefficient (Wildman–Crippen LogP) is 3.28. The highest BCUT2D eigenvalue weighted by Gasteiger charge is 2.36. The predicted molar refractivity (Wildman–Crippen MR) is 73.7 cm³/mol. The second kappa shape index (κ2) is 4.28. The molecule has 18 heavy (non-hydrogen) atoms. The van der Waals surface area contributed by atoms with Gasteiger partial charge in [0.15, 0.2) is 0 Å². The van der Waals surface area contributed by atoms with Crippen molar-refractivity contribution < 1.29 is 0 Å². The molecule has 3 unspecified atom stereocenters. The Hall–Kier alpha value is -1.00. The van der Waals surface area contributed by atoms with Gasteiger partial charge in [0.25, 0.3) is 0 Å². The average molecular weight is 259 g/mol. The summed E-state index contributed by atoms with van der Waals surface area (Å²) in [6, 6.07) is 5.24. The topological polar surface area (TPSA) is 37.8 Å². The number of fused-ring (bicyclic) bond motifs is 2. The van der Waals surface area contributed by atoms with E-state index in [0.717, 1.165) is 22.3 Å². The summed E-state index contributed by atoms with van der Waals surface area (Å²) in [5, 5.41) is 5.02. The van der Waals surface area contributed by atoms with Gasteiger partial charge in [0, 0.05) is 12.2 Å². The zero-order valence-electron chi connectivity index (χ0n) is 10.3. The van der Waals surface area contributed by atoms with E-state index >= 15 is 0 Å². The maximum Gasteiger partial charge on any atom is 0.143 e. The van der Waals surface area contributed by atoms with Crippen molar-refractivity contribution >= 4 is 21.7 Å². The lowest BCUT2D eigenvalue weighted by Crippen LogP contribution is -2.30. The Kier molecular flexibility index (Phi) is 2.59. The lowest BCUT2D eigenvalue weighted by atomic mass is 9.85. The summed E-state index contributed by atoms with van der Waals surface area (Å²) in [6.07, 6.45) is 8.68. The fourth-order valence-electron chi connectivity index (χ4n) is 3.45. The molecule has 1 N–H and O–H groups in total. The third kappa shape index (κ3) is 1.75. The quantitative estimate of drug-likeness (QED) is 0.854. The molecule has 1 saturated heterocycles. The summed E-state index contributed by atoms with van der Waals surface area (Å²) in [6.45, 7) is 0. The lowest BCUT2D eigenvalue weighted by Gasteiger charge is -2.24. The van der Waals surface area contributed by atoms with E-state index in [4.69, 9.17) is 4.98 Å². The number of nitrogens with one attached hydrogen (secondary N) is 1. The fraction of sp³-hybridized carbons (Fsp3) is 0.571. The van der Waals surface area contributed by atoms with Gasteiger partial charge >= 0.3 is 0 Å². The standard InChI is InChI=1S/C14H17N3S/c1-2-5-10-9(4-1)8-12(16-10)14-17-11-6-3-7-15-13(11)18-14/h3,6-7,9-10,12,16H,1-2,4-5,8H2. The normalized spacial score (nSPS) is 31.7. The molecule has 1 saturated carbocycles. The third-order valence-corrected chi connectivity index (χ3v) is 5.44. The van der Waals surface area contributed by atoms with Crippen molar-refractivity contribution in [2.75, 3.05) is 0 Å². The summed E-state index contributed by atoms with van der Waals surface area (Å²) < 4.78 is 0. The average Bonchev–Trinajstić information content (AvgIpc) is 3.02. The van der Waals surface area contributed by atoms with Gasteiger partial charge in [-0.2, -0.15) is 0 Å². The molecule has 4 heteroatoms. The minimum atomic E-state index is 0.470. The van der Waals surface area contributed by atoms with Crippen LogP contribution in [0.15, 0.2) is 18.3 Å². The smallest absolute Gasteiger partial charge is 0.143 e. The van der Waals surface area contributed by atoms with Crippen LogP contribution in [0.25, 0.3) is 10.3 Å². The summed E-state index contributed by atoms with van der Waals surface area (Å²) in [7, 11) is 0. The van der Waals surface area contributed by atoms with Crippen LogP contribution < -0.4 is 5.32 Å². The van der Waals surface area contributed by atoms with Gasteiger partial charge in [-0.1, -0.05) is 24.2 Å². The molecule has 1 aliphatic carbocycles. The lowest BCUT2D eigenvalue weighted by molar-refractivity contribution is 0.325. The van der Waals surface area contributed by atoms with Gasteiger partial charge in [0.05, 0.1) is 6.04 Å². The highest BCUT2D eigenvalue weighted by atomic mass is 32.1. The molecule has 3 atom stereocenters. The van der Waals surface area contributed by atoms with Crippen molar-refractivity contribution in [3.63, 3.8) is 0 Å². The van der Waals surface area contributed by atoms with E-state index in [1.165, 1.54) is 37.1 Å². The monoisotopic (exact) mass is 259 g/mol. The van der Waals surface area contributed by atoms with Crippen molar-refractivity contribution in [3.8, 4) is 0 Å². The van der Waals surface area contributed by atoms with Crippen LogP contribution in [0.1, 0.15) is 43.2 Å². The molecule has 3 nitrogen and oxygen atoms in total. The molecule has 3 heterocycles. The molecule has 94 valence electrons. The molecule has 2 aromatic heterocycles. The molecule has 0 aromatic carbocycles. The molecular weight excluding hydrogens is 242 g/mol. The van der Waals surface area contributed by atoms with Crippen molar-refractivity contribution in [2.24, 2.45) is 5.92 Å². The first-order valence-electron chi connectivity index (χ1n) is 6.87. The molecule has 2 fully saturated rings. The Balaban J connectivity index is 1.63. The maximum absolute atomic E-state index is 4.75. The van der Waals surface area contributed by atoms with Crippen molar-refractivity contribution in [1.82, 2.24) is 15.3 Å². The number of rotatable bonds is 1. The van der Waals surface area contributed by atoms with E-state index in [0.29, 0.717) is 6.04 Å². The first kappa shape index (κ1) is 10.9. The number of aromatic nitrogens is 2. The Morgan fingerprint density at radius 3 is 3.11 bits per heavy atom. The van der Waals surface area contributed by atoms with E-state index in [9.17, 15) is 0 Å². The summed E-state index contributed by atoms with van der Waals surface area (Å²) in [5.74, 6) is 0.878. The molecule has 0 radical (unpaired) electrons.